The number of carbonyl (C=O) groups is 3. The predicted molar refractivity (Wildman–Crippen MR) is 170 cm³/mol. The molecule has 238 valence electrons. The second kappa shape index (κ2) is 15.7. The number of urea groups is 1. The quantitative estimate of drug-likeness (QED) is 0.136. The Kier molecular flexibility index (Phi) is 11.4. The summed E-state index contributed by atoms with van der Waals surface area (Å²) in [5.41, 5.74) is 5.19. The third kappa shape index (κ3) is 8.26. The fourth-order valence-electron chi connectivity index (χ4n) is 4.46. The van der Waals surface area contributed by atoms with Crippen molar-refractivity contribution >= 4 is 47.3 Å². The van der Waals surface area contributed by atoms with E-state index in [9.17, 15) is 19.6 Å². The highest BCUT2D eigenvalue weighted by Crippen LogP contribution is 2.36. The highest BCUT2D eigenvalue weighted by atomic mass is 35.5. The molecular formula is C32H29Cl2N5O7. The number of hydrogen-bond donors (Lipinski definition) is 3. The van der Waals surface area contributed by atoms with Crippen molar-refractivity contribution in [3.8, 4) is 23.3 Å². The van der Waals surface area contributed by atoms with Gasteiger partial charge in [0, 0.05) is 11.3 Å². The number of rotatable bonds is 12. The maximum Gasteiger partial charge on any atom is 0.338 e. The topological polar surface area (TPSA) is 160 Å². The Morgan fingerprint density at radius 1 is 1.09 bits per heavy atom. The molecule has 12 nitrogen and oxygen atoms in total. The largest absolute Gasteiger partial charge is 0.493 e. The second-order valence-corrected chi connectivity index (χ2v) is 10.5. The molecule has 0 radical (unpaired) electrons. The van der Waals surface area contributed by atoms with Crippen LogP contribution in [0.3, 0.4) is 0 Å². The van der Waals surface area contributed by atoms with Gasteiger partial charge < -0.3 is 29.6 Å². The van der Waals surface area contributed by atoms with Crippen LogP contribution in [0.15, 0.2) is 71.0 Å². The molecule has 0 aliphatic carbocycles. The molecule has 1 atom stereocenters. The van der Waals surface area contributed by atoms with E-state index < -0.39 is 30.6 Å². The minimum absolute atomic E-state index is 0.0974. The van der Waals surface area contributed by atoms with Crippen molar-refractivity contribution in [3.05, 3.63) is 98.2 Å². The molecule has 0 aromatic heterocycles. The molecule has 0 fully saturated rings. The van der Waals surface area contributed by atoms with Crippen LogP contribution in [0.5, 0.6) is 17.2 Å². The van der Waals surface area contributed by atoms with Crippen molar-refractivity contribution in [2.24, 2.45) is 5.10 Å². The zero-order valence-electron chi connectivity index (χ0n) is 25.0. The Balaban J connectivity index is 1.36. The monoisotopic (exact) mass is 665 g/mol. The second-order valence-electron chi connectivity index (χ2n) is 9.65. The first-order valence-corrected chi connectivity index (χ1v) is 14.6. The van der Waals surface area contributed by atoms with Gasteiger partial charge in [0.25, 0.3) is 5.91 Å². The van der Waals surface area contributed by atoms with Gasteiger partial charge in [0.05, 0.1) is 53.2 Å². The molecule has 1 aliphatic rings. The van der Waals surface area contributed by atoms with E-state index in [2.05, 4.69) is 27.2 Å². The third-order valence-electron chi connectivity index (χ3n) is 6.58. The van der Waals surface area contributed by atoms with Gasteiger partial charge in [-0.05, 0) is 55.3 Å². The lowest BCUT2D eigenvalue weighted by molar-refractivity contribution is -0.139. The molecule has 0 unspecified atom stereocenters. The summed E-state index contributed by atoms with van der Waals surface area (Å²) < 4.78 is 22.0. The molecule has 14 heteroatoms. The average Bonchev–Trinajstić information content (AvgIpc) is 3.03. The number of ether oxygens (including phenoxy) is 4. The molecular weight excluding hydrogens is 637 g/mol. The van der Waals surface area contributed by atoms with E-state index in [-0.39, 0.29) is 46.1 Å². The highest BCUT2D eigenvalue weighted by Gasteiger charge is 2.32. The fourth-order valence-corrected chi connectivity index (χ4v) is 5.07. The number of esters is 1. The molecule has 3 N–H and O–H groups in total. The molecule has 3 aromatic carbocycles. The lowest BCUT2D eigenvalue weighted by Crippen LogP contribution is -2.45. The molecule has 0 bridgehead atoms. The average molecular weight is 667 g/mol. The zero-order chi connectivity index (χ0) is 33.2. The minimum atomic E-state index is -0.795. The Bertz CT molecular complexity index is 1730. The summed E-state index contributed by atoms with van der Waals surface area (Å²) in [7, 11) is 1.42. The van der Waals surface area contributed by atoms with E-state index in [1.54, 1.807) is 68.4 Å². The van der Waals surface area contributed by atoms with Crippen molar-refractivity contribution in [2.45, 2.75) is 26.5 Å². The lowest BCUT2D eigenvalue weighted by Gasteiger charge is -2.28. The van der Waals surface area contributed by atoms with Crippen molar-refractivity contribution in [1.29, 1.82) is 5.26 Å². The standard InChI is InChI=1S/C32H29Cl2N5O7/c1-4-44-31(41)28-18(2)37-32(42)38-29(28)20-9-10-25(26(13-20)43-3)45-17-27(40)39-36-15-19-11-23(33)30(24(34)12-19)46-16-22-8-6-5-7-21(22)14-35/h5-13,15,29H,4,16-17H2,1-3H3,(H,39,40)(H2,37,38,42)/b36-15-/t29-/m1/s1. The summed E-state index contributed by atoms with van der Waals surface area (Å²) in [6.45, 7) is 3.17. The molecule has 4 rings (SSSR count). The summed E-state index contributed by atoms with van der Waals surface area (Å²) in [5.74, 6) is -0.373. The van der Waals surface area contributed by atoms with E-state index in [0.717, 1.165) is 0 Å². The van der Waals surface area contributed by atoms with Gasteiger partial charge in [0.1, 0.15) is 6.61 Å². The molecule has 0 spiro atoms. The van der Waals surface area contributed by atoms with Gasteiger partial charge in [0.15, 0.2) is 23.9 Å². The van der Waals surface area contributed by atoms with E-state index in [1.165, 1.54) is 13.3 Å². The summed E-state index contributed by atoms with van der Waals surface area (Å²) in [4.78, 5) is 37.2. The zero-order valence-corrected chi connectivity index (χ0v) is 26.5. The molecule has 1 heterocycles. The first kappa shape index (κ1) is 33.6. The van der Waals surface area contributed by atoms with Crippen molar-refractivity contribution in [3.63, 3.8) is 0 Å². The van der Waals surface area contributed by atoms with Crippen LogP contribution in [0, 0.1) is 11.3 Å². The first-order chi connectivity index (χ1) is 22.1. The lowest BCUT2D eigenvalue weighted by atomic mass is 9.95. The van der Waals surface area contributed by atoms with Crippen molar-refractivity contribution in [1.82, 2.24) is 16.1 Å². The van der Waals surface area contributed by atoms with E-state index >= 15 is 0 Å². The number of carbonyl (C=O) groups excluding carboxylic acids is 3. The Hall–Kier alpha value is -5.25. The van der Waals surface area contributed by atoms with Crippen LogP contribution in [0.1, 0.15) is 42.1 Å². The van der Waals surface area contributed by atoms with Crippen LogP contribution in [0.2, 0.25) is 10.0 Å². The van der Waals surface area contributed by atoms with Gasteiger partial charge in [-0.15, -0.1) is 0 Å². The number of nitrogens with zero attached hydrogens (tertiary/aromatic N) is 2. The van der Waals surface area contributed by atoms with Crippen LogP contribution in [-0.2, 0) is 20.9 Å². The Labute approximate surface area is 274 Å². The Morgan fingerprint density at radius 2 is 1.83 bits per heavy atom. The van der Waals surface area contributed by atoms with Crippen LogP contribution in [0.4, 0.5) is 4.79 Å². The molecule has 3 aromatic rings. The molecule has 46 heavy (non-hydrogen) atoms. The maximum absolute atomic E-state index is 12.6. The minimum Gasteiger partial charge on any atom is -0.493 e. The molecule has 0 saturated carbocycles. The normalized spacial score (nSPS) is 14.2. The van der Waals surface area contributed by atoms with Crippen LogP contribution < -0.4 is 30.3 Å². The van der Waals surface area contributed by atoms with Crippen LogP contribution >= 0.6 is 23.2 Å². The van der Waals surface area contributed by atoms with Gasteiger partial charge in [-0.1, -0.05) is 47.5 Å². The molecule has 1 aliphatic heterocycles. The van der Waals surface area contributed by atoms with Gasteiger partial charge in [0.2, 0.25) is 0 Å². The van der Waals surface area contributed by atoms with Crippen molar-refractivity contribution in [2.75, 3.05) is 20.3 Å². The SMILES string of the molecule is CCOC(=O)C1=C(C)NC(=O)N[C@@H]1c1ccc(OCC(=O)N/N=C\c2cc(Cl)c(OCc3ccccc3C#N)c(Cl)c2)c(OC)c1. The van der Waals surface area contributed by atoms with Gasteiger partial charge >= 0.3 is 12.0 Å². The van der Waals surface area contributed by atoms with E-state index in [4.69, 9.17) is 42.1 Å². The van der Waals surface area contributed by atoms with Crippen LogP contribution in [-0.4, -0.2) is 44.4 Å². The van der Waals surface area contributed by atoms with E-state index in [0.29, 0.717) is 28.0 Å². The summed E-state index contributed by atoms with van der Waals surface area (Å²) >= 11 is 12.7. The van der Waals surface area contributed by atoms with Gasteiger partial charge in [-0.3, -0.25) is 4.79 Å². The maximum atomic E-state index is 12.6. The fraction of sp³-hybridized carbons (Fsp3) is 0.219. The number of amides is 3. The number of benzene rings is 3. The first-order valence-electron chi connectivity index (χ1n) is 13.8. The number of halogens is 2. The number of methoxy groups -OCH3 is 1. The van der Waals surface area contributed by atoms with Crippen molar-refractivity contribution < 1.29 is 33.3 Å². The van der Waals surface area contributed by atoms with E-state index in [1.807, 2.05) is 0 Å². The number of nitrogens with one attached hydrogen (secondary N) is 3. The number of hydrazone groups is 1. The Morgan fingerprint density at radius 3 is 2.52 bits per heavy atom. The van der Waals surface area contributed by atoms with Crippen LogP contribution in [0.25, 0.3) is 0 Å². The number of hydrogen-bond acceptors (Lipinski definition) is 9. The number of nitriles is 1. The van der Waals surface area contributed by atoms with Gasteiger partial charge in [-0.2, -0.15) is 10.4 Å². The smallest absolute Gasteiger partial charge is 0.338 e. The summed E-state index contributed by atoms with van der Waals surface area (Å²) in [5, 5.41) is 18.9. The summed E-state index contributed by atoms with van der Waals surface area (Å²) in [6.07, 6.45) is 1.35. The molecule has 3 amide bonds. The summed E-state index contributed by atoms with van der Waals surface area (Å²) in [6, 6.07) is 15.8. The predicted octanol–water partition coefficient (Wildman–Crippen LogP) is 5.17. The van der Waals surface area contributed by atoms with Gasteiger partial charge in [-0.25, -0.2) is 15.0 Å². The number of allylic oxidation sites excluding steroid dienone is 1. The molecule has 0 saturated heterocycles. The highest BCUT2D eigenvalue weighted by molar-refractivity contribution is 6.37. The third-order valence-corrected chi connectivity index (χ3v) is 7.14.